The van der Waals surface area contributed by atoms with E-state index in [2.05, 4.69) is 21.4 Å². The minimum absolute atomic E-state index is 0.0833. The van der Waals surface area contributed by atoms with Gasteiger partial charge in [0.2, 0.25) is 0 Å². The summed E-state index contributed by atoms with van der Waals surface area (Å²) >= 11 is 0. The molecule has 0 amide bonds. The molecule has 0 aliphatic rings. The molecule has 0 radical (unpaired) electrons. The molecule has 0 fully saturated rings. The Kier molecular flexibility index (Phi) is 4.69. The molecule has 0 aliphatic carbocycles. The van der Waals surface area contributed by atoms with E-state index in [0.29, 0.717) is 0 Å². The molecule has 2 rings (SSSR count). The molecule has 0 saturated heterocycles. The third-order valence-corrected chi connectivity index (χ3v) is 2.98. The van der Waals surface area contributed by atoms with Gasteiger partial charge in [0.05, 0.1) is 18.3 Å². The van der Waals surface area contributed by atoms with Crippen LogP contribution in [-0.4, -0.2) is 23.1 Å². The number of nitrogens with zero attached hydrogens (tertiary/aromatic N) is 2. The van der Waals surface area contributed by atoms with E-state index in [4.69, 9.17) is 4.74 Å². The van der Waals surface area contributed by atoms with Gasteiger partial charge in [0.15, 0.2) is 0 Å². The normalized spacial score (nSPS) is 12.4. The van der Waals surface area contributed by atoms with Crippen LogP contribution in [0.15, 0.2) is 36.8 Å². The zero-order chi connectivity index (χ0) is 14.5. The molecule has 1 atom stereocenters. The van der Waals surface area contributed by atoms with Gasteiger partial charge in [-0.05, 0) is 57.1 Å². The highest BCUT2D eigenvalue weighted by atomic mass is 16.5. The summed E-state index contributed by atoms with van der Waals surface area (Å²) in [6.45, 7) is 6.01. The first-order valence-corrected chi connectivity index (χ1v) is 6.81. The highest BCUT2D eigenvalue weighted by Crippen LogP contribution is 2.24. The average molecular weight is 271 g/mol. The van der Waals surface area contributed by atoms with Crippen molar-refractivity contribution >= 4 is 0 Å². The van der Waals surface area contributed by atoms with Gasteiger partial charge in [0.1, 0.15) is 5.75 Å². The van der Waals surface area contributed by atoms with Gasteiger partial charge >= 0.3 is 0 Å². The van der Waals surface area contributed by atoms with Crippen LogP contribution in [-0.2, 0) is 0 Å². The number of pyridine rings is 2. The van der Waals surface area contributed by atoms with Gasteiger partial charge < -0.3 is 10.1 Å². The van der Waals surface area contributed by atoms with E-state index in [1.807, 2.05) is 52.3 Å². The molecule has 1 N–H and O–H groups in total. The van der Waals surface area contributed by atoms with Gasteiger partial charge in [-0.3, -0.25) is 9.97 Å². The SMILES string of the molecule is CNC(c1cncc(OC(C)C)c1)c1ccnc(C)c1. The highest BCUT2D eigenvalue weighted by molar-refractivity contribution is 5.34. The van der Waals surface area contributed by atoms with Gasteiger partial charge in [0.25, 0.3) is 0 Å². The molecule has 2 aromatic heterocycles. The maximum absolute atomic E-state index is 5.71. The summed E-state index contributed by atoms with van der Waals surface area (Å²) < 4.78 is 5.71. The Morgan fingerprint density at radius 1 is 1.15 bits per heavy atom. The van der Waals surface area contributed by atoms with Crippen molar-refractivity contribution in [2.45, 2.75) is 32.9 Å². The summed E-state index contributed by atoms with van der Waals surface area (Å²) in [7, 11) is 1.94. The number of hydrogen-bond donors (Lipinski definition) is 1. The Labute approximate surface area is 120 Å². The molecule has 0 aliphatic heterocycles. The van der Waals surface area contributed by atoms with E-state index in [9.17, 15) is 0 Å². The van der Waals surface area contributed by atoms with Crippen molar-refractivity contribution in [2.75, 3.05) is 7.05 Å². The van der Waals surface area contributed by atoms with Crippen LogP contribution < -0.4 is 10.1 Å². The second-order valence-electron chi connectivity index (χ2n) is 5.07. The molecule has 20 heavy (non-hydrogen) atoms. The van der Waals surface area contributed by atoms with Gasteiger partial charge in [-0.1, -0.05) is 0 Å². The van der Waals surface area contributed by atoms with Crippen molar-refractivity contribution in [3.05, 3.63) is 53.6 Å². The third-order valence-electron chi connectivity index (χ3n) is 2.98. The molecular formula is C16H21N3O. The summed E-state index contributed by atoms with van der Waals surface area (Å²) in [5.41, 5.74) is 3.25. The lowest BCUT2D eigenvalue weighted by Crippen LogP contribution is -2.18. The fourth-order valence-electron chi connectivity index (χ4n) is 2.20. The maximum atomic E-state index is 5.71. The Hall–Kier alpha value is -1.94. The Morgan fingerprint density at radius 2 is 1.95 bits per heavy atom. The van der Waals surface area contributed by atoms with Crippen LogP contribution >= 0.6 is 0 Å². The maximum Gasteiger partial charge on any atom is 0.138 e. The van der Waals surface area contributed by atoms with Crippen molar-refractivity contribution in [1.29, 1.82) is 0 Å². The molecular weight excluding hydrogens is 250 g/mol. The molecule has 2 aromatic rings. The molecule has 0 aromatic carbocycles. The lowest BCUT2D eigenvalue weighted by molar-refractivity contribution is 0.241. The molecule has 106 valence electrons. The molecule has 1 unspecified atom stereocenters. The van der Waals surface area contributed by atoms with E-state index < -0.39 is 0 Å². The van der Waals surface area contributed by atoms with Crippen molar-refractivity contribution in [3.8, 4) is 5.75 Å². The van der Waals surface area contributed by atoms with Crippen LogP contribution in [0.2, 0.25) is 0 Å². The van der Waals surface area contributed by atoms with Gasteiger partial charge in [-0.2, -0.15) is 0 Å². The zero-order valence-corrected chi connectivity index (χ0v) is 12.4. The summed E-state index contributed by atoms with van der Waals surface area (Å²) in [4.78, 5) is 8.51. The first-order chi connectivity index (χ1) is 9.60. The van der Waals surface area contributed by atoms with Gasteiger partial charge in [0, 0.05) is 18.1 Å². The topological polar surface area (TPSA) is 47.0 Å². The van der Waals surface area contributed by atoms with Crippen molar-refractivity contribution < 1.29 is 4.74 Å². The van der Waals surface area contributed by atoms with Crippen LogP contribution in [0.3, 0.4) is 0 Å². The van der Waals surface area contributed by atoms with Gasteiger partial charge in [-0.25, -0.2) is 0 Å². The first kappa shape index (κ1) is 14.5. The minimum Gasteiger partial charge on any atom is -0.489 e. The van der Waals surface area contributed by atoms with E-state index >= 15 is 0 Å². The van der Waals surface area contributed by atoms with Crippen LogP contribution in [0.5, 0.6) is 5.75 Å². The fourth-order valence-corrected chi connectivity index (χ4v) is 2.20. The Bertz CT molecular complexity index is 569. The monoisotopic (exact) mass is 271 g/mol. The molecule has 4 heteroatoms. The first-order valence-electron chi connectivity index (χ1n) is 6.81. The quantitative estimate of drug-likeness (QED) is 0.908. The number of nitrogens with one attached hydrogen (secondary N) is 1. The van der Waals surface area contributed by atoms with Gasteiger partial charge in [-0.15, -0.1) is 0 Å². The fraction of sp³-hybridized carbons (Fsp3) is 0.375. The number of aryl methyl sites for hydroxylation is 1. The van der Waals surface area contributed by atoms with Crippen molar-refractivity contribution in [3.63, 3.8) is 0 Å². The molecule has 0 saturated carbocycles. The molecule has 2 heterocycles. The smallest absolute Gasteiger partial charge is 0.138 e. The predicted octanol–water partition coefficient (Wildman–Crippen LogP) is 2.88. The zero-order valence-electron chi connectivity index (χ0n) is 12.4. The lowest BCUT2D eigenvalue weighted by atomic mass is 10.0. The number of rotatable bonds is 5. The number of ether oxygens (including phenoxy) is 1. The van der Waals surface area contributed by atoms with E-state index in [-0.39, 0.29) is 12.1 Å². The lowest BCUT2D eigenvalue weighted by Gasteiger charge is -2.18. The highest BCUT2D eigenvalue weighted by Gasteiger charge is 2.13. The summed E-state index contributed by atoms with van der Waals surface area (Å²) in [5.74, 6) is 0.795. The van der Waals surface area contributed by atoms with E-state index in [0.717, 1.165) is 17.0 Å². The third kappa shape index (κ3) is 3.54. The summed E-state index contributed by atoms with van der Waals surface area (Å²) in [6.07, 6.45) is 5.58. The van der Waals surface area contributed by atoms with Crippen molar-refractivity contribution in [1.82, 2.24) is 15.3 Å². The number of aromatic nitrogens is 2. The summed E-state index contributed by atoms with van der Waals surface area (Å²) in [6, 6.07) is 6.21. The minimum atomic E-state index is 0.0833. The molecule has 0 bridgehead atoms. The van der Waals surface area contributed by atoms with E-state index in [1.165, 1.54) is 5.56 Å². The van der Waals surface area contributed by atoms with Crippen LogP contribution in [0.1, 0.15) is 36.7 Å². The van der Waals surface area contributed by atoms with E-state index in [1.54, 1.807) is 6.20 Å². The standard InChI is InChI=1S/C16H21N3O/c1-11(2)20-15-8-14(9-18-10-15)16(17-4)13-5-6-19-12(3)7-13/h5-11,16-17H,1-4H3. The second-order valence-corrected chi connectivity index (χ2v) is 5.07. The van der Waals surface area contributed by atoms with Crippen molar-refractivity contribution in [2.24, 2.45) is 0 Å². The Balaban J connectivity index is 2.32. The number of hydrogen-bond acceptors (Lipinski definition) is 4. The van der Waals surface area contributed by atoms with Crippen LogP contribution in [0.25, 0.3) is 0 Å². The molecule has 0 spiro atoms. The summed E-state index contributed by atoms with van der Waals surface area (Å²) in [5, 5.41) is 3.32. The van der Waals surface area contributed by atoms with Crippen LogP contribution in [0.4, 0.5) is 0 Å². The Morgan fingerprint density at radius 3 is 2.60 bits per heavy atom. The predicted molar refractivity (Wildman–Crippen MR) is 79.9 cm³/mol. The molecule has 4 nitrogen and oxygen atoms in total. The second kappa shape index (κ2) is 6.48. The largest absolute Gasteiger partial charge is 0.489 e. The van der Waals surface area contributed by atoms with Crippen LogP contribution in [0, 0.1) is 6.92 Å². The average Bonchev–Trinajstić information content (AvgIpc) is 2.39.